The van der Waals surface area contributed by atoms with Gasteiger partial charge in [0.25, 0.3) is 0 Å². The van der Waals surface area contributed by atoms with Crippen molar-refractivity contribution in [1.29, 1.82) is 0 Å². The van der Waals surface area contributed by atoms with Gasteiger partial charge in [0.05, 0.1) is 12.7 Å². The second-order valence-corrected chi connectivity index (χ2v) is 5.43. The van der Waals surface area contributed by atoms with Crippen LogP contribution >= 0.6 is 0 Å². The standard InChI is InChI=1S/C15H19N5O/c1-16-8-15(21)17-13-4-2-3-12(7-13)14-10-20(19-18-14)9-11-5-6-11/h2-4,7,10-11,16H,5-6,8-9H2,1H3,(H,17,21). The van der Waals surface area contributed by atoms with E-state index in [2.05, 4.69) is 20.9 Å². The molecule has 6 heteroatoms. The second kappa shape index (κ2) is 6.05. The maximum absolute atomic E-state index is 11.6. The molecule has 0 saturated heterocycles. The van der Waals surface area contributed by atoms with Crippen molar-refractivity contribution >= 4 is 11.6 Å². The van der Waals surface area contributed by atoms with Crippen LogP contribution in [-0.4, -0.2) is 34.5 Å². The summed E-state index contributed by atoms with van der Waals surface area (Å²) >= 11 is 0. The minimum atomic E-state index is -0.0629. The summed E-state index contributed by atoms with van der Waals surface area (Å²) in [5, 5.41) is 14.0. The van der Waals surface area contributed by atoms with Gasteiger partial charge in [0.1, 0.15) is 5.69 Å². The third kappa shape index (κ3) is 3.66. The van der Waals surface area contributed by atoms with E-state index in [-0.39, 0.29) is 5.91 Å². The normalized spacial score (nSPS) is 14.1. The van der Waals surface area contributed by atoms with Gasteiger partial charge < -0.3 is 10.6 Å². The Hall–Kier alpha value is -2.21. The predicted octanol–water partition coefficient (Wildman–Crippen LogP) is 1.51. The molecule has 110 valence electrons. The van der Waals surface area contributed by atoms with E-state index in [0.717, 1.165) is 29.4 Å². The molecule has 1 heterocycles. The molecule has 1 aliphatic carbocycles. The molecule has 1 amide bonds. The number of hydrogen-bond donors (Lipinski definition) is 2. The Bertz CT molecular complexity index is 632. The van der Waals surface area contributed by atoms with Crippen molar-refractivity contribution in [3.63, 3.8) is 0 Å². The molecule has 0 unspecified atom stereocenters. The number of likely N-dealkylation sites (N-methyl/N-ethyl adjacent to an activating group) is 1. The number of carbonyl (C=O) groups is 1. The second-order valence-electron chi connectivity index (χ2n) is 5.43. The lowest BCUT2D eigenvalue weighted by molar-refractivity contribution is -0.115. The van der Waals surface area contributed by atoms with Gasteiger partial charge in [-0.2, -0.15) is 0 Å². The Morgan fingerprint density at radius 2 is 2.29 bits per heavy atom. The number of aromatic nitrogens is 3. The zero-order valence-corrected chi connectivity index (χ0v) is 12.0. The third-order valence-corrected chi connectivity index (χ3v) is 3.46. The van der Waals surface area contributed by atoms with Crippen LogP contribution in [0.25, 0.3) is 11.3 Å². The number of benzene rings is 1. The highest BCUT2D eigenvalue weighted by molar-refractivity contribution is 5.92. The van der Waals surface area contributed by atoms with Gasteiger partial charge >= 0.3 is 0 Å². The van der Waals surface area contributed by atoms with Crippen molar-refractivity contribution in [2.24, 2.45) is 5.92 Å². The lowest BCUT2D eigenvalue weighted by Gasteiger charge is -2.05. The number of rotatable bonds is 6. The molecular weight excluding hydrogens is 266 g/mol. The number of nitrogens with one attached hydrogen (secondary N) is 2. The van der Waals surface area contributed by atoms with E-state index < -0.39 is 0 Å². The van der Waals surface area contributed by atoms with Gasteiger partial charge in [-0.3, -0.25) is 9.48 Å². The van der Waals surface area contributed by atoms with Crippen LogP contribution in [0, 0.1) is 5.92 Å². The van der Waals surface area contributed by atoms with E-state index >= 15 is 0 Å². The maximum atomic E-state index is 11.6. The van der Waals surface area contributed by atoms with E-state index in [9.17, 15) is 4.79 Å². The minimum Gasteiger partial charge on any atom is -0.325 e. The topological polar surface area (TPSA) is 71.8 Å². The zero-order valence-electron chi connectivity index (χ0n) is 12.0. The van der Waals surface area contributed by atoms with Gasteiger partial charge in [-0.15, -0.1) is 5.10 Å². The summed E-state index contributed by atoms with van der Waals surface area (Å²) < 4.78 is 1.90. The van der Waals surface area contributed by atoms with Gasteiger partial charge in [-0.25, -0.2) is 0 Å². The molecule has 1 aromatic heterocycles. The van der Waals surface area contributed by atoms with Crippen LogP contribution in [0.3, 0.4) is 0 Å². The Kier molecular flexibility index (Phi) is 3.96. The number of carbonyl (C=O) groups excluding carboxylic acids is 1. The molecule has 2 aromatic rings. The van der Waals surface area contributed by atoms with Crippen LogP contribution in [0.5, 0.6) is 0 Å². The Morgan fingerprint density at radius 1 is 1.43 bits per heavy atom. The van der Waals surface area contributed by atoms with E-state index in [1.807, 2.05) is 35.1 Å². The summed E-state index contributed by atoms with van der Waals surface area (Å²) in [6.07, 6.45) is 4.55. The fraction of sp³-hybridized carbons (Fsp3) is 0.400. The molecule has 0 atom stereocenters. The van der Waals surface area contributed by atoms with Crippen LogP contribution in [0.1, 0.15) is 12.8 Å². The summed E-state index contributed by atoms with van der Waals surface area (Å²) in [7, 11) is 1.74. The highest BCUT2D eigenvalue weighted by Crippen LogP contribution is 2.30. The van der Waals surface area contributed by atoms with Crippen molar-refractivity contribution < 1.29 is 4.79 Å². The monoisotopic (exact) mass is 285 g/mol. The average molecular weight is 285 g/mol. The molecule has 0 bridgehead atoms. The summed E-state index contributed by atoms with van der Waals surface area (Å²) in [4.78, 5) is 11.6. The van der Waals surface area contributed by atoms with Gasteiger partial charge in [0.2, 0.25) is 5.91 Å². The smallest absolute Gasteiger partial charge is 0.238 e. The third-order valence-electron chi connectivity index (χ3n) is 3.46. The van der Waals surface area contributed by atoms with Gasteiger partial charge in [-0.05, 0) is 37.9 Å². The first kappa shape index (κ1) is 13.8. The Balaban J connectivity index is 1.72. The number of anilines is 1. The van der Waals surface area contributed by atoms with Gasteiger partial charge in [0.15, 0.2) is 0 Å². The van der Waals surface area contributed by atoms with Gasteiger partial charge in [0, 0.05) is 17.8 Å². The molecule has 2 N–H and O–H groups in total. The summed E-state index contributed by atoms with van der Waals surface area (Å²) in [5.74, 6) is 0.707. The first-order valence-electron chi connectivity index (χ1n) is 7.19. The number of hydrogen-bond acceptors (Lipinski definition) is 4. The predicted molar refractivity (Wildman–Crippen MR) is 80.7 cm³/mol. The number of nitrogens with zero attached hydrogens (tertiary/aromatic N) is 3. The van der Waals surface area contributed by atoms with Crippen LogP contribution < -0.4 is 10.6 Å². The summed E-state index contributed by atoms with van der Waals surface area (Å²) in [6.45, 7) is 1.24. The van der Waals surface area contributed by atoms with Crippen molar-refractivity contribution in [2.75, 3.05) is 18.9 Å². The Morgan fingerprint density at radius 3 is 3.05 bits per heavy atom. The SMILES string of the molecule is CNCC(=O)Nc1cccc(-c2cn(CC3CC3)nn2)c1. The lowest BCUT2D eigenvalue weighted by atomic mass is 10.1. The largest absolute Gasteiger partial charge is 0.325 e. The highest BCUT2D eigenvalue weighted by atomic mass is 16.1. The molecule has 0 radical (unpaired) electrons. The van der Waals surface area contributed by atoms with Crippen molar-refractivity contribution in [3.8, 4) is 11.3 Å². The van der Waals surface area contributed by atoms with E-state index in [0.29, 0.717) is 6.54 Å². The zero-order chi connectivity index (χ0) is 14.7. The minimum absolute atomic E-state index is 0.0629. The molecule has 6 nitrogen and oxygen atoms in total. The summed E-state index contributed by atoms with van der Waals surface area (Å²) in [6, 6.07) is 7.66. The molecule has 1 aromatic carbocycles. The van der Waals surface area contributed by atoms with Gasteiger partial charge in [-0.1, -0.05) is 17.3 Å². The highest BCUT2D eigenvalue weighted by Gasteiger charge is 2.22. The molecular formula is C15H19N5O. The Labute approximate surface area is 123 Å². The van der Waals surface area contributed by atoms with Crippen molar-refractivity contribution in [1.82, 2.24) is 20.3 Å². The molecule has 1 aliphatic rings. The quantitative estimate of drug-likeness (QED) is 0.844. The molecule has 1 saturated carbocycles. The van der Waals surface area contributed by atoms with Crippen LogP contribution in [0.15, 0.2) is 30.5 Å². The van der Waals surface area contributed by atoms with Crippen molar-refractivity contribution in [3.05, 3.63) is 30.5 Å². The van der Waals surface area contributed by atoms with Crippen LogP contribution in [0.2, 0.25) is 0 Å². The molecule has 21 heavy (non-hydrogen) atoms. The number of amides is 1. The van der Waals surface area contributed by atoms with E-state index in [4.69, 9.17) is 0 Å². The van der Waals surface area contributed by atoms with E-state index in [1.165, 1.54) is 12.8 Å². The fourth-order valence-corrected chi connectivity index (χ4v) is 2.21. The molecule has 1 fully saturated rings. The maximum Gasteiger partial charge on any atom is 0.238 e. The van der Waals surface area contributed by atoms with E-state index in [1.54, 1.807) is 7.05 Å². The molecule has 0 spiro atoms. The average Bonchev–Trinajstić information content (AvgIpc) is 3.15. The fourth-order valence-electron chi connectivity index (χ4n) is 2.21. The van der Waals surface area contributed by atoms with Crippen LogP contribution in [0.4, 0.5) is 5.69 Å². The molecule has 3 rings (SSSR count). The summed E-state index contributed by atoms with van der Waals surface area (Å²) in [5.41, 5.74) is 2.56. The first-order chi connectivity index (χ1) is 10.2. The molecule has 0 aliphatic heterocycles. The first-order valence-corrected chi connectivity index (χ1v) is 7.19. The lowest BCUT2D eigenvalue weighted by Crippen LogP contribution is -2.24. The van der Waals surface area contributed by atoms with Crippen LogP contribution in [-0.2, 0) is 11.3 Å². The van der Waals surface area contributed by atoms with Crippen molar-refractivity contribution in [2.45, 2.75) is 19.4 Å².